The van der Waals surface area contributed by atoms with Gasteiger partial charge in [-0.3, -0.25) is 24.2 Å². The standard InChI is InChI=1S/C19H18N6O3/c1-2-14(15-10-24-9-3-8-20-18(24)22-15)21-17(27)12-4-6-13(7-5-12)25-11-16(26)23-19(25)28/h3-10,14H,2,11H2,1H3,(H,21,27)(H,23,26,28). The highest BCUT2D eigenvalue weighted by molar-refractivity contribution is 6.12. The number of imidazole rings is 1. The second-order valence-electron chi connectivity index (χ2n) is 6.41. The Labute approximate surface area is 160 Å². The molecule has 1 fully saturated rings. The lowest BCUT2D eigenvalue weighted by atomic mass is 10.1. The van der Waals surface area contributed by atoms with Gasteiger partial charge in [-0.1, -0.05) is 6.92 Å². The third-order valence-corrected chi connectivity index (χ3v) is 4.56. The highest BCUT2D eigenvalue weighted by Gasteiger charge is 2.28. The van der Waals surface area contributed by atoms with Crippen LogP contribution in [0.3, 0.4) is 0 Å². The van der Waals surface area contributed by atoms with Gasteiger partial charge in [-0.25, -0.2) is 14.8 Å². The van der Waals surface area contributed by atoms with Crippen LogP contribution in [0.25, 0.3) is 5.78 Å². The molecule has 142 valence electrons. The van der Waals surface area contributed by atoms with Crippen LogP contribution >= 0.6 is 0 Å². The van der Waals surface area contributed by atoms with E-state index in [1.807, 2.05) is 25.4 Å². The van der Waals surface area contributed by atoms with Crippen LogP contribution in [0.5, 0.6) is 0 Å². The van der Waals surface area contributed by atoms with Gasteiger partial charge < -0.3 is 5.32 Å². The first-order chi connectivity index (χ1) is 13.5. The van der Waals surface area contributed by atoms with Crippen LogP contribution in [0.2, 0.25) is 0 Å². The SMILES string of the molecule is CCC(NC(=O)c1ccc(N2CC(=O)NC2=O)cc1)c1cn2cccnc2n1. The lowest BCUT2D eigenvalue weighted by molar-refractivity contribution is -0.117. The van der Waals surface area contributed by atoms with Gasteiger partial charge in [-0.2, -0.15) is 0 Å². The summed E-state index contributed by atoms with van der Waals surface area (Å²) in [6.07, 6.45) is 6.04. The van der Waals surface area contributed by atoms with E-state index in [1.165, 1.54) is 4.90 Å². The maximum Gasteiger partial charge on any atom is 0.329 e. The van der Waals surface area contributed by atoms with E-state index in [-0.39, 0.29) is 24.4 Å². The fourth-order valence-corrected chi connectivity index (χ4v) is 3.09. The summed E-state index contributed by atoms with van der Waals surface area (Å²) >= 11 is 0. The molecule has 3 heterocycles. The van der Waals surface area contributed by atoms with E-state index in [9.17, 15) is 14.4 Å². The normalized spacial score (nSPS) is 15.0. The zero-order valence-corrected chi connectivity index (χ0v) is 15.1. The Morgan fingerprint density at radius 1 is 1.29 bits per heavy atom. The van der Waals surface area contributed by atoms with Gasteiger partial charge in [0.05, 0.1) is 11.7 Å². The van der Waals surface area contributed by atoms with Gasteiger partial charge in [0.1, 0.15) is 6.54 Å². The first-order valence-corrected chi connectivity index (χ1v) is 8.87. The molecule has 2 aromatic heterocycles. The van der Waals surface area contributed by atoms with Gasteiger partial charge in [-0.05, 0) is 36.8 Å². The fourth-order valence-electron chi connectivity index (χ4n) is 3.09. The molecule has 0 radical (unpaired) electrons. The van der Waals surface area contributed by atoms with E-state index in [2.05, 4.69) is 20.6 Å². The summed E-state index contributed by atoms with van der Waals surface area (Å²) in [6.45, 7) is 1.94. The smallest absolute Gasteiger partial charge is 0.329 e. The second kappa shape index (κ2) is 7.10. The minimum Gasteiger partial charge on any atom is -0.344 e. The minimum absolute atomic E-state index is 0.0236. The number of hydrogen-bond donors (Lipinski definition) is 2. The van der Waals surface area contributed by atoms with Crippen LogP contribution in [-0.4, -0.2) is 38.8 Å². The van der Waals surface area contributed by atoms with Crippen molar-refractivity contribution in [2.45, 2.75) is 19.4 Å². The lowest BCUT2D eigenvalue weighted by Gasteiger charge is -2.16. The number of nitrogens with zero attached hydrogens (tertiary/aromatic N) is 4. The van der Waals surface area contributed by atoms with Crippen molar-refractivity contribution in [3.63, 3.8) is 0 Å². The molecule has 0 saturated carbocycles. The molecule has 1 aliphatic rings. The van der Waals surface area contributed by atoms with E-state index in [0.717, 1.165) is 5.69 Å². The van der Waals surface area contributed by atoms with Gasteiger partial charge in [0.2, 0.25) is 11.7 Å². The first kappa shape index (κ1) is 17.7. The Morgan fingerprint density at radius 2 is 2.07 bits per heavy atom. The van der Waals surface area contributed by atoms with Gasteiger partial charge in [0, 0.05) is 29.8 Å². The Kier molecular flexibility index (Phi) is 4.48. The number of carbonyl (C=O) groups excluding carboxylic acids is 3. The third-order valence-electron chi connectivity index (χ3n) is 4.56. The third kappa shape index (κ3) is 3.29. The van der Waals surface area contributed by atoms with Crippen LogP contribution < -0.4 is 15.5 Å². The molecule has 4 rings (SSSR count). The van der Waals surface area contributed by atoms with E-state index >= 15 is 0 Å². The molecule has 1 aromatic carbocycles. The molecular formula is C19H18N6O3. The number of urea groups is 1. The van der Waals surface area contributed by atoms with Crippen molar-refractivity contribution in [2.75, 3.05) is 11.4 Å². The Morgan fingerprint density at radius 3 is 2.71 bits per heavy atom. The van der Waals surface area contributed by atoms with Crippen molar-refractivity contribution in [3.05, 3.63) is 60.2 Å². The van der Waals surface area contributed by atoms with Crippen LogP contribution in [0.1, 0.15) is 35.4 Å². The summed E-state index contributed by atoms with van der Waals surface area (Å²) in [5.74, 6) is -0.0158. The number of rotatable bonds is 5. The molecule has 0 aliphatic carbocycles. The molecule has 0 spiro atoms. The molecule has 2 N–H and O–H groups in total. The van der Waals surface area contributed by atoms with Crippen molar-refractivity contribution in [1.82, 2.24) is 25.0 Å². The summed E-state index contributed by atoms with van der Waals surface area (Å²) in [4.78, 5) is 45.7. The van der Waals surface area contributed by atoms with Crippen molar-refractivity contribution in [3.8, 4) is 0 Å². The largest absolute Gasteiger partial charge is 0.344 e. The van der Waals surface area contributed by atoms with E-state index in [1.54, 1.807) is 34.9 Å². The summed E-state index contributed by atoms with van der Waals surface area (Å²) in [7, 11) is 0. The predicted molar refractivity (Wildman–Crippen MR) is 101 cm³/mol. The van der Waals surface area contributed by atoms with Crippen LogP contribution in [0.15, 0.2) is 48.9 Å². The number of nitrogens with one attached hydrogen (secondary N) is 2. The maximum atomic E-state index is 12.6. The monoisotopic (exact) mass is 378 g/mol. The van der Waals surface area contributed by atoms with Gasteiger partial charge in [-0.15, -0.1) is 0 Å². The maximum absolute atomic E-state index is 12.6. The Balaban J connectivity index is 1.49. The van der Waals surface area contributed by atoms with Crippen LogP contribution in [0, 0.1) is 0 Å². The quantitative estimate of drug-likeness (QED) is 0.657. The second-order valence-corrected chi connectivity index (χ2v) is 6.41. The van der Waals surface area contributed by atoms with Crippen molar-refractivity contribution < 1.29 is 14.4 Å². The van der Waals surface area contributed by atoms with Gasteiger partial charge in [0.25, 0.3) is 5.91 Å². The van der Waals surface area contributed by atoms with E-state index in [0.29, 0.717) is 23.4 Å². The molecule has 1 aliphatic heterocycles. The zero-order chi connectivity index (χ0) is 19.7. The first-order valence-electron chi connectivity index (χ1n) is 8.87. The average Bonchev–Trinajstić information content (AvgIpc) is 3.28. The molecule has 1 atom stereocenters. The lowest BCUT2D eigenvalue weighted by Crippen LogP contribution is -2.29. The summed E-state index contributed by atoms with van der Waals surface area (Å²) < 4.78 is 1.81. The van der Waals surface area contributed by atoms with E-state index < -0.39 is 6.03 Å². The number of carbonyl (C=O) groups is 3. The number of benzene rings is 1. The molecule has 1 saturated heterocycles. The topological polar surface area (TPSA) is 109 Å². The fraction of sp³-hybridized carbons (Fsp3) is 0.211. The number of aromatic nitrogens is 3. The molecule has 9 heteroatoms. The molecule has 4 amide bonds. The van der Waals surface area contributed by atoms with Crippen molar-refractivity contribution in [2.24, 2.45) is 0 Å². The minimum atomic E-state index is -0.464. The zero-order valence-electron chi connectivity index (χ0n) is 15.1. The number of hydrogen-bond acceptors (Lipinski definition) is 5. The highest BCUT2D eigenvalue weighted by atomic mass is 16.2. The Bertz CT molecular complexity index is 1030. The summed E-state index contributed by atoms with van der Waals surface area (Å²) in [5.41, 5.74) is 1.74. The molecule has 1 unspecified atom stereocenters. The summed E-state index contributed by atoms with van der Waals surface area (Å²) in [5, 5.41) is 5.20. The average molecular weight is 378 g/mol. The van der Waals surface area contributed by atoms with Crippen molar-refractivity contribution in [1.29, 1.82) is 0 Å². The number of imide groups is 1. The number of anilines is 1. The van der Waals surface area contributed by atoms with Crippen LogP contribution in [0.4, 0.5) is 10.5 Å². The molecular weight excluding hydrogens is 360 g/mol. The van der Waals surface area contributed by atoms with Gasteiger partial charge >= 0.3 is 6.03 Å². The van der Waals surface area contributed by atoms with Crippen molar-refractivity contribution >= 4 is 29.3 Å². The molecule has 0 bridgehead atoms. The van der Waals surface area contributed by atoms with Gasteiger partial charge in [0.15, 0.2) is 0 Å². The number of amides is 4. The molecule has 28 heavy (non-hydrogen) atoms. The Hall–Kier alpha value is -3.75. The number of fused-ring (bicyclic) bond motifs is 1. The summed E-state index contributed by atoms with van der Waals surface area (Å²) in [6, 6.07) is 7.63. The predicted octanol–water partition coefficient (Wildman–Crippen LogP) is 1.67. The highest BCUT2D eigenvalue weighted by Crippen LogP contribution is 2.20. The van der Waals surface area contributed by atoms with Crippen LogP contribution in [-0.2, 0) is 4.79 Å². The molecule has 9 nitrogen and oxygen atoms in total. The molecule has 3 aromatic rings. The van der Waals surface area contributed by atoms with E-state index in [4.69, 9.17) is 0 Å².